The molecule has 0 aliphatic carbocycles. The number of halogens is 1. The summed E-state index contributed by atoms with van der Waals surface area (Å²) in [6, 6.07) is 5.01. The third-order valence-corrected chi connectivity index (χ3v) is 5.21. The Morgan fingerprint density at radius 1 is 1.21 bits per heavy atom. The fourth-order valence-corrected chi connectivity index (χ4v) is 3.66. The van der Waals surface area contributed by atoms with Gasteiger partial charge in [0.15, 0.2) is 0 Å². The van der Waals surface area contributed by atoms with Crippen LogP contribution in [0.5, 0.6) is 0 Å². The van der Waals surface area contributed by atoms with Gasteiger partial charge < -0.3 is 29.0 Å². The van der Waals surface area contributed by atoms with E-state index >= 15 is 0 Å². The Balaban J connectivity index is 1.56. The molecule has 0 bridgehead atoms. The lowest BCUT2D eigenvalue weighted by atomic mass is 10.2. The van der Waals surface area contributed by atoms with Crippen LogP contribution in [0.1, 0.15) is 12.8 Å². The van der Waals surface area contributed by atoms with E-state index in [-0.39, 0.29) is 11.9 Å². The molecule has 1 amide bonds. The molecule has 0 radical (unpaired) electrons. The molecule has 1 N–H and O–H groups in total. The van der Waals surface area contributed by atoms with Crippen LogP contribution in [-0.4, -0.2) is 75.2 Å². The maximum atomic E-state index is 13.8. The molecule has 2 heterocycles. The number of fused-ring (bicyclic) bond motifs is 1. The minimum absolute atomic E-state index is 0.202. The van der Waals surface area contributed by atoms with Crippen molar-refractivity contribution in [2.45, 2.75) is 25.4 Å². The molecule has 8 heteroatoms. The molecule has 160 valence electrons. The van der Waals surface area contributed by atoms with Gasteiger partial charge >= 0.3 is 0 Å². The van der Waals surface area contributed by atoms with Crippen molar-refractivity contribution in [3.05, 3.63) is 30.2 Å². The Kier molecular flexibility index (Phi) is 8.27. The number of anilines is 1. The molecule has 1 aliphatic heterocycles. The predicted octanol–water partition coefficient (Wildman–Crippen LogP) is 2.49. The third-order valence-electron chi connectivity index (χ3n) is 5.21. The molecule has 1 fully saturated rings. The van der Waals surface area contributed by atoms with Crippen LogP contribution < -0.4 is 5.32 Å². The van der Waals surface area contributed by atoms with E-state index in [4.69, 9.17) is 14.2 Å². The van der Waals surface area contributed by atoms with E-state index in [1.165, 1.54) is 6.07 Å². The smallest absolute Gasteiger partial charge is 0.210 e. The second-order valence-electron chi connectivity index (χ2n) is 7.14. The van der Waals surface area contributed by atoms with Crippen molar-refractivity contribution in [2.24, 2.45) is 0 Å². The molecule has 1 atom stereocenters. The molecule has 0 spiro atoms. The van der Waals surface area contributed by atoms with Crippen molar-refractivity contribution >= 4 is 23.0 Å². The molecule has 1 aromatic heterocycles. The van der Waals surface area contributed by atoms with Crippen LogP contribution >= 0.6 is 0 Å². The minimum Gasteiger partial charge on any atom is -0.382 e. The first kappa shape index (κ1) is 21.5. The topological polar surface area (TPSA) is 65.0 Å². The van der Waals surface area contributed by atoms with E-state index in [1.54, 1.807) is 19.2 Å². The maximum absolute atomic E-state index is 13.8. The third kappa shape index (κ3) is 5.91. The van der Waals surface area contributed by atoms with Crippen LogP contribution in [0.2, 0.25) is 0 Å². The van der Waals surface area contributed by atoms with E-state index in [0.717, 1.165) is 42.4 Å². The normalized spacial score (nSPS) is 16.6. The summed E-state index contributed by atoms with van der Waals surface area (Å²) in [5, 5.41) is 4.41. The molecule has 7 nitrogen and oxygen atoms in total. The lowest BCUT2D eigenvalue weighted by molar-refractivity contribution is -0.118. The van der Waals surface area contributed by atoms with Gasteiger partial charge in [0.05, 0.1) is 44.2 Å². The zero-order valence-corrected chi connectivity index (χ0v) is 16.9. The molecule has 2 aromatic rings. The number of methoxy groups -OCH3 is 1. The number of nitrogens with zero attached hydrogens (tertiary/aromatic N) is 2. The molecule has 29 heavy (non-hydrogen) atoms. The summed E-state index contributed by atoms with van der Waals surface area (Å²) in [7, 11) is 1.64. The number of ether oxygens (including phenoxy) is 3. The van der Waals surface area contributed by atoms with Gasteiger partial charge in [0.1, 0.15) is 5.82 Å². The first-order valence-corrected chi connectivity index (χ1v) is 10.1. The highest BCUT2D eigenvalue weighted by molar-refractivity contribution is 5.93. The van der Waals surface area contributed by atoms with Crippen LogP contribution in [0.4, 0.5) is 10.1 Å². The number of hydrogen-bond acceptors (Lipinski definition) is 5. The van der Waals surface area contributed by atoms with Crippen molar-refractivity contribution in [2.75, 3.05) is 58.6 Å². The van der Waals surface area contributed by atoms with Crippen LogP contribution in [0, 0.1) is 5.82 Å². The summed E-state index contributed by atoms with van der Waals surface area (Å²) < 4.78 is 31.7. The summed E-state index contributed by atoms with van der Waals surface area (Å²) in [6.07, 6.45) is 4.95. The SMILES string of the molecule is COCCOCCOCCn1cc(NCC2CCCN2C=O)c2ccc(F)cc21. The highest BCUT2D eigenvalue weighted by atomic mass is 19.1. The van der Waals surface area contributed by atoms with E-state index < -0.39 is 0 Å². The maximum Gasteiger partial charge on any atom is 0.210 e. The molecule has 1 aliphatic rings. The van der Waals surface area contributed by atoms with Crippen molar-refractivity contribution in [1.82, 2.24) is 9.47 Å². The van der Waals surface area contributed by atoms with E-state index in [2.05, 4.69) is 5.32 Å². The average Bonchev–Trinajstić information content (AvgIpc) is 3.32. The number of nitrogens with one attached hydrogen (secondary N) is 1. The zero-order valence-electron chi connectivity index (χ0n) is 16.9. The van der Waals surface area contributed by atoms with Crippen molar-refractivity contribution in [1.29, 1.82) is 0 Å². The second kappa shape index (κ2) is 11.1. The van der Waals surface area contributed by atoms with Crippen molar-refractivity contribution < 1.29 is 23.4 Å². The molecule has 1 unspecified atom stereocenters. The number of carbonyl (C=O) groups excluding carboxylic acids is 1. The number of aromatic nitrogens is 1. The predicted molar refractivity (Wildman–Crippen MR) is 110 cm³/mol. The Labute approximate surface area is 170 Å². The van der Waals surface area contributed by atoms with Crippen LogP contribution in [0.25, 0.3) is 10.9 Å². The van der Waals surface area contributed by atoms with Crippen molar-refractivity contribution in [3.63, 3.8) is 0 Å². The Bertz CT molecular complexity index is 783. The van der Waals surface area contributed by atoms with Gasteiger partial charge in [-0.25, -0.2) is 4.39 Å². The van der Waals surface area contributed by atoms with E-state index in [1.807, 2.05) is 15.7 Å². The molecule has 1 saturated heterocycles. The quantitative estimate of drug-likeness (QED) is 0.408. The van der Waals surface area contributed by atoms with Crippen LogP contribution in [0.3, 0.4) is 0 Å². The average molecular weight is 407 g/mol. The largest absolute Gasteiger partial charge is 0.382 e. The number of benzene rings is 1. The second-order valence-corrected chi connectivity index (χ2v) is 7.14. The van der Waals surface area contributed by atoms with Gasteiger partial charge in [-0.3, -0.25) is 4.79 Å². The van der Waals surface area contributed by atoms with E-state index in [9.17, 15) is 9.18 Å². The van der Waals surface area contributed by atoms with Gasteiger partial charge in [-0.05, 0) is 31.0 Å². The molecule has 1 aromatic carbocycles. The van der Waals surface area contributed by atoms with Crippen molar-refractivity contribution in [3.8, 4) is 0 Å². The van der Waals surface area contributed by atoms with Gasteiger partial charge in [-0.15, -0.1) is 0 Å². The molecular formula is C21H30FN3O4. The Morgan fingerprint density at radius 2 is 2.00 bits per heavy atom. The first-order valence-electron chi connectivity index (χ1n) is 10.1. The summed E-state index contributed by atoms with van der Waals surface area (Å²) >= 11 is 0. The fourth-order valence-electron chi connectivity index (χ4n) is 3.66. The zero-order chi connectivity index (χ0) is 20.5. The summed E-state index contributed by atoms with van der Waals surface area (Å²) in [5.74, 6) is -0.265. The Hall–Kier alpha value is -2.16. The number of rotatable bonds is 13. The molecular weight excluding hydrogens is 377 g/mol. The lowest BCUT2D eigenvalue weighted by Crippen LogP contribution is -2.33. The number of hydrogen-bond donors (Lipinski definition) is 1. The lowest BCUT2D eigenvalue weighted by Gasteiger charge is -2.20. The first-order chi connectivity index (χ1) is 14.2. The summed E-state index contributed by atoms with van der Waals surface area (Å²) in [6.45, 7) is 4.77. The molecule has 3 rings (SSSR count). The number of likely N-dealkylation sites (tertiary alicyclic amines) is 1. The van der Waals surface area contributed by atoms with Crippen LogP contribution in [-0.2, 0) is 25.5 Å². The number of amides is 1. The summed E-state index contributed by atoms with van der Waals surface area (Å²) in [4.78, 5) is 13.0. The van der Waals surface area contributed by atoms with Gasteiger partial charge in [0.25, 0.3) is 0 Å². The summed E-state index contributed by atoms with van der Waals surface area (Å²) in [5.41, 5.74) is 1.77. The molecule has 0 saturated carbocycles. The monoisotopic (exact) mass is 407 g/mol. The van der Waals surface area contributed by atoms with Crippen LogP contribution in [0.15, 0.2) is 24.4 Å². The fraction of sp³-hybridized carbons (Fsp3) is 0.571. The Morgan fingerprint density at radius 3 is 2.79 bits per heavy atom. The van der Waals surface area contributed by atoms with Gasteiger partial charge in [-0.1, -0.05) is 0 Å². The van der Waals surface area contributed by atoms with E-state index in [0.29, 0.717) is 46.1 Å². The highest BCUT2D eigenvalue weighted by Crippen LogP contribution is 2.27. The number of carbonyl (C=O) groups is 1. The minimum atomic E-state index is -0.265. The van der Waals surface area contributed by atoms with Gasteiger partial charge in [0.2, 0.25) is 6.41 Å². The van der Waals surface area contributed by atoms with Gasteiger partial charge in [0, 0.05) is 44.4 Å². The standard InChI is InChI=1S/C21H30FN3O4/c1-27-9-10-29-12-11-28-8-7-24-15-20(19-5-4-17(22)13-21(19)24)23-14-18-3-2-6-25(18)16-26/h4-5,13,15-16,18,23H,2-3,6-12,14H2,1H3. The van der Waals surface area contributed by atoms with Gasteiger partial charge in [-0.2, -0.15) is 0 Å². The highest BCUT2D eigenvalue weighted by Gasteiger charge is 2.23.